The first-order chi connectivity index (χ1) is 16.5. The van der Waals surface area contributed by atoms with E-state index in [1.807, 2.05) is 56.3 Å². The average molecular weight is 475 g/mol. The number of benzene rings is 2. The normalized spacial score (nSPS) is 24.3. The third kappa shape index (κ3) is 3.33. The summed E-state index contributed by atoms with van der Waals surface area (Å²) < 4.78 is 12.8. The monoisotopic (exact) mass is 474 g/mol. The van der Waals surface area contributed by atoms with Gasteiger partial charge in [-0.05, 0) is 56.9 Å². The molecule has 3 atom stereocenters. The molecule has 6 nitrogen and oxygen atoms in total. The van der Waals surface area contributed by atoms with Crippen LogP contribution in [0.3, 0.4) is 0 Å². The molecule has 0 bridgehead atoms. The van der Waals surface area contributed by atoms with Gasteiger partial charge in [0.15, 0.2) is 16.7 Å². The van der Waals surface area contributed by atoms with Crippen LogP contribution in [0.25, 0.3) is 10.2 Å². The maximum absolute atomic E-state index is 13.8. The summed E-state index contributed by atoms with van der Waals surface area (Å²) in [5.74, 6) is 0.604. The molecule has 3 heterocycles. The number of carbonyl (C=O) groups excluding carboxylic acids is 2. The molecule has 0 N–H and O–H groups in total. The number of Topliss-reactive ketones (excluding diaryl/α,β-unsaturated/α-hetero) is 1. The number of anilines is 1. The summed E-state index contributed by atoms with van der Waals surface area (Å²) in [5.41, 5.74) is 3.30. The predicted octanol–water partition coefficient (Wildman–Crippen LogP) is 5.50. The lowest BCUT2D eigenvalue weighted by Gasteiger charge is -2.35. The summed E-state index contributed by atoms with van der Waals surface area (Å²) in [5, 5.41) is 0.563. The van der Waals surface area contributed by atoms with Gasteiger partial charge in [0.1, 0.15) is 11.9 Å². The predicted molar refractivity (Wildman–Crippen MR) is 131 cm³/mol. The van der Waals surface area contributed by atoms with Crippen LogP contribution < -0.4 is 9.64 Å². The number of aryl methyl sites for hydroxylation is 1. The van der Waals surface area contributed by atoms with Crippen molar-refractivity contribution in [3.63, 3.8) is 0 Å². The zero-order chi connectivity index (χ0) is 23.4. The number of thiazole rings is 1. The second-order valence-corrected chi connectivity index (χ2v) is 10.2. The molecule has 0 saturated heterocycles. The summed E-state index contributed by atoms with van der Waals surface area (Å²) in [7, 11) is 0. The molecule has 1 amide bonds. The molecule has 34 heavy (non-hydrogen) atoms. The van der Waals surface area contributed by atoms with Crippen LogP contribution in [0.1, 0.15) is 49.8 Å². The van der Waals surface area contributed by atoms with E-state index in [2.05, 4.69) is 0 Å². The number of ketones is 1. The second kappa shape index (κ2) is 8.24. The molecule has 0 radical (unpaired) electrons. The highest BCUT2D eigenvalue weighted by Crippen LogP contribution is 2.49. The van der Waals surface area contributed by atoms with E-state index in [1.165, 1.54) is 11.3 Å². The maximum atomic E-state index is 13.8. The number of hydrogen-bond acceptors (Lipinski definition) is 6. The zero-order valence-electron chi connectivity index (χ0n) is 19.2. The number of nitrogens with zero attached hydrogens (tertiary/aromatic N) is 2. The molecule has 6 rings (SSSR count). The minimum absolute atomic E-state index is 0.0621. The van der Waals surface area contributed by atoms with Crippen molar-refractivity contribution < 1.29 is 19.1 Å². The first-order valence-corrected chi connectivity index (χ1v) is 12.8. The lowest BCUT2D eigenvalue weighted by atomic mass is 9.77. The number of hydrogen-bond donors (Lipinski definition) is 0. The SMILES string of the molecule is CCOc1ccc2nc(N3C(=O)C4=C(C(=O)C5CCCCC5O4)C3c3ccc(C)cc3)sc2c1. The third-order valence-corrected chi connectivity index (χ3v) is 8.04. The van der Waals surface area contributed by atoms with Crippen LogP contribution in [0.4, 0.5) is 5.13 Å². The van der Waals surface area contributed by atoms with Crippen LogP contribution in [0, 0.1) is 12.8 Å². The number of ether oxygens (including phenoxy) is 2. The summed E-state index contributed by atoms with van der Waals surface area (Å²) in [4.78, 5) is 34.0. The van der Waals surface area contributed by atoms with Crippen LogP contribution >= 0.6 is 11.3 Å². The van der Waals surface area contributed by atoms with E-state index >= 15 is 0 Å². The Hall–Kier alpha value is -3.19. The topological polar surface area (TPSA) is 68.7 Å². The van der Waals surface area contributed by atoms with Gasteiger partial charge >= 0.3 is 0 Å². The van der Waals surface area contributed by atoms with Crippen molar-refractivity contribution in [2.24, 2.45) is 5.92 Å². The molecule has 3 unspecified atom stereocenters. The average Bonchev–Trinajstić information content (AvgIpc) is 3.38. The van der Waals surface area contributed by atoms with Gasteiger partial charge in [-0.25, -0.2) is 4.98 Å². The Balaban J connectivity index is 1.48. The van der Waals surface area contributed by atoms with E-state index < -0.39 is 6.04 Å². The van der Waals surface area contributed by atoms with Gasteiger partial charge in [0.05, 0.1) is 34.4 Å². The van der Waals surface area contributed by atoms with Crippen molar-refractivity contribution in [3.05, 3.63) is 64.9 Å². The quantitative estimate of drug-likeness (QED) is 0.499. The molecule has 7 heteroatoms. The van der Waals surface area contributed by atoms with Gasteiger partial charge in [-0.2, -0.15) is 0 Å². The van der Waals surface area contributed by atoms with E-state index in [0.717, 1.165) is 52.8 Å². The molecule has 1 aromatic heterocycles. The molecular formula is C27H26N2O4S. The van der Waals surface area contributed by atoms with Gasteiger partial charge in [-0.3, -0.25) is 14.5 Å². The second-order valence-electron chi connectivity index (χ2n) is 9.20. The van der Waals surface area contributed by atoms with E-state index in [0.29, 0.717) is 17.3 Å². The molecule has 1 fully saturated rings. The number of carbonyl (C=O) groups is 2. The van der Waals surface area contributed by atoms with Gasteiger partial charge in [-0.15, -0.1) is 0 Å². The van der Waals surface area contributed by atoms with E-state index in [1.54, 1.807) is 4.90 Å². The first kappa shape index (κ1) is 21.4. The third-order valence-electron chi connectivity index (χ3n) is 7.02. The highest BCUT2D eigenvalue weighted by Gasteiger charge is 2.53. The van der Waals surface area contributed by atoms with Gasteiger partial charge in [-0.1, -0.05) is 47.6 Å². The Morgan fingerprint density at radius 1 is 1.12 bits per heavy atom. The molecule has 3 aliphatic rings. The van der Waals surface area contributed by atoms with Crippen molar-refractivity contribution in [1.82, 2.24) is 4.98 Å². The number of fused-ring (bicyclic) bond motifs is 2. The lowest BCUT2D eigenvalue weighted by molar-refractivity contribution is -0.131. The number of rotatable bonds is 4. The van der Waals surface area contributed by atoms with Gasteiger partial charge < -0.3 is 9.47 Å². The van der Waals surface area contributed by atoms with Gasteiger partial charge in [0.25, 0.3) is 5.91 Å². The molecule has 3 aromatic rings. The Morgan fingerprint density at radius 3 is 2.71 bits per heavy atom. The Morgan fingerprint density at radius 2 is 1.91 bits per heavy atom. The standard InChI is InChI=1S/C27H26N2O4S/c1-3-32-17-12-13-19-21(14-17)34-27(28-19)29-23(16-10-8-15(2)9-11-16)22-24(30)18-6-4-5-7-20(18)33-25(22)26(29)31/h8-14,18,20,23H,3-7H2,1-2H3. The summed E-state index contributed by atoms with van der Waals surface area (Å²) in [6.45, 7) is 4.55. The lowest BCUT2D eigenvalue weighted by Crippen LogP contribution is -2.39. The van der Waals surface area contributed by atoms with Crippen LogP contribution in [0.5, 0.6) is 5.75 Å². The van der Waals surface area contributed by atoms with Crippen LogP contribution in [0.2, 0.25) is 0 Å². The number of amides is 1. The van der Waals surface area contributed by atoms with Crippen molar-refractivity contribution >= 4 is 38.4 Å². The van der Waals surface area contributed by atoms with Crippen molar-refractivity contribution in [2.45, 2.75) is 51.7 Å². The molecule has 2 aliphatic heterocycles. The van der Waals surface area contributed by atoms with Gasteiger partial charge in [0, 0.05) is 0 Å². The zero-order valence-corrected chi connectivity index (χ0v) is 20.1. The van der Waals surface area contributed by atoms with Crippen LogP contribution in [-0.4, -0.2) is 29.4 Å². The Labute approximate surface area is 202 Å². The summed E-state index contributed by atoms with van der Waals surface area (Å²) >= 11 is 1.43. The smallest absolute Gasteiger partial charge is 0.296 e. The maximum Gasteiger partial charge on any atom is 0.296 e. The minimum Gasteiger partial charge on any atom is -0.494 e. The highest BCUT2D eigenvalue weighted by atomic mass is 32.1. The van der Waals surface area contributed by atoms with Crippen molar-refractivity contribution in [3.8, 4) is 5.75 Å². The van der Waals surface area contributed by atoms with Gasteiger partial charge in [0.2, 0.25) is 0 Å². The molecular weight excluding hydrogens is 448 g/mol. The molecule has 2 aromatic carbocycles. The first-order valence-electron chi connectivity index (χ1n) is 11.9. The van der Waals surface area contributed by atoms with E-state index in [-0.39, 0.29) is 29.5 Å². The fourth-order valence-corrected chi connectivity index (χ4v) is 6.38. The van der Waals surface area contributed by atoms with Crippen molar-refractivity contribution in [1.29, 1.82) is 0 Å². The van der Waals surface area contributed by atoms with Crippen LogP contribution in [-0.2, 0) is 14.3 Å². The Kier molecular flexibility index (Phi) is 5.17. The molecule has 1 saturated carbocycles. The number of aromatic nitrogens is 1. The molecule has 174 valence electrons. The summed E-state index contributed by atoms with van der Waals surface area (Å²) in [6, 6.07) is 13.2. The van der Waals surface area contributed by atoms with E-state index in [9.17, 15) is 9.59 Å². The van der Waals surface area contributed by atoms with Crippen molar-refractivity contribution in [2.75, 3.05) is 11.5 Å². The fraction of sp³-hybridized carbons (Fsp3) is 0.370. The van der Waals surface area contributed by atoms with Crippen LogP contribution in [0.15, 0.2) is 53.8 Å². The fourth-order valence-electron chi connectivity index (χ4n) is 5.36. The van der Waals surface area contributed by atoms with E-state index in [4.69, 9.17) is 14.5 Å². The molecule has 1 aliphatic carbocycles. The highest BCUT2D eigenvalue weighted by molar-refractivity contribution is 7.22. The minimum atomic E-state index is -0.537. The summed E-state index contributed by atoms with van der Waals surface area (Å²) in [6.07, 6.45) is 3.47. The largest absolute Gasteiger partial charge is 0.494 e. The molecule has 0 spiro atoms. The Bertz CT molecular complexity index is 1330.